The molecule has 2 aromatic rings. The average molecular weight is 305 g/mol. The lowest BCUT2D eigenvalue weighted by atomic mass is 10.0. The highest BCUT2D eigenvalue weighted by molar-refractivity contribution is 6.34. The van der Waals surface area contributed by atoms with Gasteiger partial charge in [-0.3, -0.25) is 4.79 Å². The van der Waals surface area contributed by atoms with Crippen molar-refractivity contribution in [3.8, 4) is 5.75 Å². The van der Waals surface area contributed by atoms with Gasteiger partial charge in [0.2, 0.25) is 0 Å². The summed E-state index contributed by atoms with van der Waals surface area (Å²) in [5, 5.41) is 2.73. The molecule has 0 aromatic heterocycles. The number of carbonyl (C=O) groups is 1. The predicted molar refractivity (Wildman–Crippen MR) is 76.1 cm³/mol. The zero-order valence-electron chi connectivity index (χ0n) is 11.1. The second-order valence-electron chi connectivity index (χ2n) is 4.67. The number of carbonyl (C=O) groups excluding carboxylic acids is 1. The summed E-state index contributed by atoms with van der Waals surface area (Å²) < 4.78 is 40.1. The molecule has 0 spiro atoms. The normalized spacial score (nSPS) is 15.6. The zero-order valence-corrected chi connectivity index (χ0v) is 11.1. The highest BCUT2D eigenvalue weighted by Crippen LogP contribution is 2.33. The van der Waals surface area contributed by atoms with Crippen LogP contribution in [-0.2, 0) is 4.79 Å². The van der Waals surface area contributed by atoms with Crippen LogP contribution in [0.2, 0.25) is 0 Å². The lowest BCUT2D eigenvalue weighted by Crippen LogP contribution is -2.16. The monoisotopic (exact) mass is 305 g/mol. The van der Waals surface area contributed by atoms with Crippen LogP contribution in [-0.4, -0.2) is 12.3 Å². The van der Waals surface area contributed by atoms with E-state index in [4.69, 9.17) is 0 Å². The van der Waals surface area contributed by atoms with Crippen molar-refractivity contribution in [2.75, 3.05) is 5.32 Å². The number of rotatable bonds is 2. The topological polar surface area (TPSA) is 38.3 Å². The minimum Gasteiger partial charge on any atom is -0.406 e. The van der Waals surface area contributed by atoms with E-state index >= 15 is 0 Å². The predicted octanol–water partition coefficient (Wildman–Crippen LogP) is 4.08. The largest absolute Gasteiger partial charge is 0.573 e. The molecule has 0 aliphatic carbocycles. The van der Waals surface area contributed by atoms with Gasteiger partial charge >= 0.3 is 6.36 Å². The summed E-state index contributed by atoms with van der Waals surface area (Å²) in [6, 6.07) is 12.6. The molecule has 1 aliphatic rings. The smallest absolute Gasteiger partial charge is 0.406 e. The van der Waals surface area contributed by atoms with Crippen LogP contribution in [0.15, 0.2) is 48.5 Å². The van der Waals surface area contributed by atoms with E-state index in [1.807, 2.05) is 12.1 Å². The molecule has 6 heteroatoms. The molecule has 0 bridgehead atoms. The Bertz CT molecular complexity index is 749. The molecule has 1 amide bonds. The third-order valence-corrected chi connectivity index (χ3v) is 3.13. The first-order valence-electron chi connectivity index (χ1n) is 6.41. The fourth-order valence-electron chi connectivity index (χ4n) is 2.21. The Morgan fingerprint density at radius 3 is 2.36 bits per heavy atom. The first-order chi connectivity index (χ1) is 10.4. The number of hydrogen-bond acceptors (Lipinski definition) is 2. The van der Waals surface area contributed by atoms with E-state index in [-0.39, 0.29) is 11.7 Å². The Kier molecular flexibility index (Phi) is 3.36. The molecule has 0 atom stereocenters. The van der Waals surface area contributed by atoms with Gasteiger partial charge in [-0.2, -0.15) is 0 Å². The Morgan fingerprint density at radius 1 is 1.00 bits per heavy atom. The van der Waals surface area contributed by atoms with Gasteiger partial charge in [-0.25, -0.2) is 0 Å². The molecule has 0 fully saturated rings. The number of anilines is 1. The number of halogens is 3. The molecule has 112 valence electrons. The van der Waals surface area contributed by atoms with E-state index in [1.54, 1.807) is 18.2 Å². The van der Waals surface area contributed by atoms with Crippen LogP contribution in [0.1, 0.15) is 11.1 Å². The van der Waals surface area contributed by atoms with Crippen molar-refractivity contribution >= 4 is 23.2 Å². The van der Waals surface area contributed by atoms with Crippen LogP contribution in [0.3, 0.4) is 0 Å². The fraction of sp³-hybridized carbons (Fsp3) is 0.0625. The van der Waals surface area contributed by atoms with Crippen molar-refractivity contribution in [3.05, 3.63) is 59.7 Å². The second-order valence-corrected chi connectivity index (χ2v) is 4.67. The summed E-state index contributed by atoms with van der Waals surface area (Å²) in [5.74, 6) is -0.539. The van der Waals surface area contributed by atoms with Crippen molar-refractivity contribution in [1.29, 1.82) is 0 Å². The molecular formula is C16H10F3NO2. The van der Waals surface area contributed by atoms with Crippen molar-refractivity contribution in [2.45, 2.75) is 6.36 Å². The quantitative estimate of drug-likeness (QED) is 0.849. The first-order valence-corrected chi connectivity index (χ1v) is 6.41. The van der Waals surface area contributed by atoms with Crippen molar-refractivity contribution in [3.63, 3.8) is 0 Å². The third kappa shape index (κ3) is 2.95. The number of alkyl halides is 3. The zero-order chi connectivity index (χ0) is 15.7. The number of nitrogens with one attached hydrogen (secondary N) is 1. The molecule has 1 aliphatic heterocycles. The van der Waals surface area contributed by atoms with Crippen molar-refractivity contribution < 1.29 is 22.7 Å². The Hall–Kier alpha value is -2.76. The summed E-state index contributed by atoms with van der Waals surface area (Å²) in [4.78, 5) is 11.9. The van der Waals surface area contributed by atoms with Gasteiger partial charge in [-0.15, -0.1) is 13.2 Å². The summed E-state index contributed by atoms with van der Waals surface area (Å²) in [6.45, 7) is 0. The van der Waals surface area contributed by atoms with Crippen molar-refractivity contribution in [1.82, 2.24) is 0 Å². The molecule has 22 heavy (non-hydrogen) atoms. The number of ether oxygens (including phenoxy) is 1. The lowest BCUT2D eigenvalue weighted by Gasteiger charge is -2.08. The number of fused-ring (bicyclic) bond motifs is 1. The van der Waals surface area contributed by atoms with E-state index < -0.39 is 6.36 Å². The van der Waals surface area contributed by atoms with Gasteiger partial charge in [0, 0.05) is 16.8 Å². The molecule has 0 radical (unpaired) electrons. The van der Waals surface area contributed by atoms with Crippen molar-refractivity contribution in [2.24, 2.45) is 0 Å². The molecule has 1 N–H and O–H groups in total. The van der Waals surface area contributed by atoms with Gasteiger partial charge in [-0.1, -0.05) is 30.3 Å². The van der Waals surface area contributed by atoms with E-state index in [0.717, 1.165) is 11.3 Å². The van der Waals surface area contributed by atoms with Gasteiger partial charge in [0.15, 0.2) is 0 Å². The molecule has 0 unspecified atom stereocenters. The molecule has 3 rings (SSSR count). The summed E-state index contributed by atoms with van der Waals surface area (Å²) in [7, 11) is 0. The molecule has 3 nitrogen and oxygen atoms in total. The Balaban J connectivity index is 1.88. The van der Waals surface area contributed by atoms with Gasteiger partial charge < -0.3 is 10.1 Å². The van der Waals surface area contributed by atoms with E-state index in [2.05, 4.69) is 10.1 Å². The van der Waals surface area contributed by atoms with Gasteiger partial charge in [0.25, 0.3) is 5.91 Å². The molecule has 1 heterocycles. The number of hydrogen-bond donors (Lipinski definition) is 1. The van der Waals surface area contributed by atoms with Crippen LogP contribution in [0.5, 0.6) is 5.75 Å². The lowest BCUT2D eigenvalue weighted by molar-refractivity contribution is -0.274. The standard InChI is InChI=1S/C16H10F3NO2/c17-16(18,19)22-11-7-5-10(6-8-11)9-13-12-3-1-2-4-14(12)20-15(13)21/h1-9H,(H,20,21). The number of para-hydroxylation sites is 1. The maximum atomic E-state index is 12.1. The minimum absolute atomic E-state index is 0.239. The molecular weight excluding hydrogens is 295 g/mol. The molecule has 0 saturated carbocycles. The van der Waals surface area contributed by atoms with E-state index in [0.29, 0.717) is 11.1 Å². The Labute approximate surface area is 124 Å². The van der Waals surface area contributed by atoms with Gasteiger partial charge in [0.05, 0.1) is 0 Å². The minimum atomic E-state index is -4.72. The molecule has 0 saturated heterocycles. The summed E-state index contributed by atoms with van der Waals surface area (Å²) in [6.07, 6.45) is -3.09. The Morgan fingerprint density at radius 2 is 1.68 bits per heavy atom. The maximum Gasteiger partial charge on any atom is 0.573 e. The highest BCUT2D eigenvalue weighted by atomic mass is 19.4. The second kappa shape index (κ2) is 5.22. The SMILES string of the molecule is O=C1Nc2ccccc2C1=Cc1ccc(OC(F)(F)F)cc1. The third-order valence-electron chi connectivity index (χ3n) is 3.13. The molecule has 2 aromatic carbocycles. The summed E-state index contributed by atoms with van der Waals surface area (Å²) >= 11 is 0. The first kappa shape index (κ1) is 14.2. The van der Waals surface area contributed by atoms with Crippen LogP contribution in [0.25, 0.3) is 11.6 Å². The van der Waals surface area contributed by atoms with Gasteiger partial charge in [-0.05, 0) is 29.8 Å². The van der Waals surface area contributed by atoms with E-state index in [1.165, 1.54) is 24.3 Å². The van der Waals surface area contributed by atoms with Crippen LogP contribution in [0, 0.1) is 0 Å². The number of benzene rings is 2. The summed E-state index contributed by atoms with van der Waals surface area (Å²) in [5.41, 5.74) is 2.57. The van der Waals surface area contributed by atoms with Gasteiger partial charge in [0.1, 0.15) is 5.75 Å². The average Bonchev–Trinajstić information content (AvgIpc) is 2.76. The van der Waals surface area contributed by atoms with Crippen LogP contribution in [0.4, 0.5) is 18.9 Å². The fourth-order valence-corrected chi connectivity index (χ4v) is 2.21. The maximum absolute atomic E-state index is 12.1. The van der Waals surface area contributed by atoms with Crippen LogP contribution < -0.4 is 10.1 Å². The highest BCUT2D eigenvalue weighted by Gasteiger charge is 2.31. The van der Waals surface area contributed by atoms with E-state index in [9.17, 15) is 18.0 Å². The van der Waals surface area contributed by atoms with Crippen LogP contribution >= 0.6 is 0 Å². The number of amides is 1.